The molecule has 1 aliphatic rings. The zero-order valence-corrected chi connectivity index (χ0v) is 18.5. The number of carbonyl (C=O) groups is 2. The minimum Gasteiger partial charge on any atom is -0.471 e. The molecule has 2 amide bonds. The first-order chi connectivity index (χ1) is 16.6. The number of carbonyl (C=O) groups excluding carboxylic acids is 2. The molecule has 0 radical (unpaired) electrons. The van der Waals surface area contributed by atoms with Gasteiger partial charge in [-0.1, -0.05) is 0 Å². The first-order valence-corrected chi connectivity index (χ1v) is 10.3. The predicted octanol–water partition coefficient (Wildman–Crippen LogP) is 4.02. The van der Waals surface area contributed by atoms with Gasteiger partial charge in [-0.3, -0.25) is 9.59 Å². The van der Waals surface area contributed by atoms with E-state index in [1.807, 2.05) is 0 Å². The van der Waals surface area contributed by atoms with Crippen LogP contribution < -0.4 is 10.1 Å². The van der Waals surface area contributed by atoms with Gasteiger partial charge in [0.1, 0.15) is 5.82 Å². The number of amides is 2. The zero-order chi connectivity index (χ0) is 25.3. The molecule has 4 rings (SSSR count). The van der Waals surface area contributed by atoms with Crippen LogP contribution in [0.4, 0.5) is 23.4 Å². The molecule has 3 aromatic heterocycles. The van der Waals surface area contributed by atoms with Crippen LogP contribution in [-0.4, -0.2) is 50.6 Å². The summed E-state index contributed by atoms with van der Waals surface area (Å²) in [6.07, 6.45) is 1.23. The number of oxazole rings is 1. The van der Waals surface area contributed by atoms with Gasteiger partial charge in [0.25, 0.3) is 11.8 Å². The average molecular weight is 493 g/mol. The second-order valence-electron chi connectivity index (χ2n) is 7.86. The van der Waals surface area contributed by atoms with E-state index in [0.29, 0.717) is 22.3 Å². The Morgan fingerprint density at radius 2 is 2.09 bits per heavy atom. The number of fused-ring (bicyclic) bond motifs is 1. The van der Waals surface area contributed by atoms with Crippen molar-refractivity contribution in [1.82, 2.24) is 19.9 Å². The highest BCUT2D eigenvalue weighted by Crippen LogP contribution is 2.35. The molecule has 0 bridgehead atoms. The third-order valence-corrected chi connectivity index (χ3v) is 5.49. The van der Waals surface area contributed by atoms with Gasteiger partial charge in [-0.2, -0.15) is 8.78 Å². The van der Waals surface area contributed by atoms with Gasteiger partial charge in [0, 0.05) is 29.1 Å². The Balaban J connectivity index is 1.50. The van der Waals surface area contributed by atoms with E-state index in [0.717, 1.165) is 6.39 Å². The van der Waals surface area contributed by atoms with E-state index in [9.17, 15) is 27.2 Å². The molecule has 4 heterocycles. The molecule has 0 aromatic carbocycles. The maximum absolute atomic E-state index is 13.2. The van der Waals surface area contributed by atoms with Crippen molar-refractivity contribution >= 4 is 17.6 Å². The average Bonchev–Trinajstić information content (AvgIpc) is 3.47. The molecule has 1 aliphatic heterocycles. The molecule has 13 heteroatoms. The summed E-state index contributed by atoms with van der Waals surface area (Å²) in [7, 11) is 0. The van der Waals surface area contributed by atoms with E-state index in [-0.39, 0.29) is 29.9 Å². The molecule has 184 valence electrons. The number of alkyl halides is 4. The van der Waals surface area contributed by atoms with Gasteiger partial charge in [0.2, 0.25) is 11.6 Å². The molecule has 0 spiro atoms. The Kier molecular flexibility index (Phi) is 6.41. The number of pyridine rings is 2. The molecule has 1 atom stereocenters. The topological polar surface area (TPSA) is 110 Å². The Bertz CT molecular complexity index is 1250. The van der Waals surface area contributed by atoms with Crippen molar-refractivity contribution in [1.29, 1.82) is 0 Å². The van der Waals surface area contributed by atoms with Crippen LogP contribution >= 0.6 is 0 Å². The molecule has 0 fully saturated rings. The largest absolute Gasteiger partial charge is 0.471 e. The molecule has 35 heavy (non-hydrogen) atoms. The lowest BCUT2D eigenvalue weighted by Crippen LogP contribution is -2.34. The fourth-order valence-electron chi connectivity index (χ4n) is 3.54. The molecular formula is C22H19F4N5O4. The van der Waals surface area contributed by atoms with Gasteiger partial charge in [-0.25, -0.2) is 23.7 Å². The van der Waals surface area contributed by atoms with Crippen molar-refractivity contribution in [2.75, 3.05) is 11.9 Å². The second-order valence-corrected chi connectivity index (χ2v) is 7.86. The van der Waals surface area contributed by atoms with Crippen LogP contribution in [0.25, 0.3) is 0 Å². The van der Waals surface area contributed by atoms with Crippen molar-refractivity contribution in [3.8, 4) is 5.88 Å². The monoisotopic (exact) mass is 493 g/mol. The third kappa shape index (κ3) is 4.79. The van der Waals surface area contributed by atoms with Crippen LogP contribution in [0.5, 0.6) is 5.88 Å². The van der Waals surface area contributed by atoms with Crippen molar-refractivity contribution in [3.05, 3.63) is 65.1 Å². The molecular weight excluding hydrogens is 474 g/mol. The van der Waals surface area contributed by atoms with E-state index in [4.69, 9.17) is 9.15 Å². The first kappa shape index (κ1) is 24.1. The van der Waals surface area contributed by atoms with Crippen LogP contribution in [0.1, 0.15) is 50.6 Å². The van der Waals surface area contributed by atoms with Crippen molar-refractivity contribution in [2.24, 2.45) is 0 Å². The number of aryl methyl sites for hydroxylation is 1. The molecule has 0 aliphatic carbocycles. The maximum Gasteiger partial charge on any atom is 0.340 e. The SMILES string of the molecule is Cc1cc(C(C)N2Cc3c(ccnc3NC(=O)c3cnco3)C2=O)cnc1OCC(F)(F)C(F)F. The summed E-state index contributed by atoms with van der Waals surface area (Å²) in [5.41, 5.74) is 1.77. The predicted molar refractivity (Wildman–Crippen MR) is 112 cm³/mol. The zero-order valence-electron chi connectivity index (χ0n) is 18.5. The summed E-state index contributed by atoms with van der Waals surface area (Å²) >= 11 is 0. The number of nitrogens with zero attached hydrogens (tertiary/aromatic N) is 4. The highest BCUT2D eigenvalue weighted by Gasteiger charge is 2.42. The van der Waals surface area contributed by atoms with Crippen molar-refractivity contribution in [2.45, 2.75) is 38.8 Å². The van der Waals surface area contributed by atoms with E-state index in [1.165, 1.54) is 36.5 Å². The van der Waals surface area contributed by atoms with E-state index < -0.39 is 30.9 Å². The first-order valence-electron chi connectivity index (χ1n) is 10.3. The molecule has 0 saturated heterocycles. The van der Waals surface area contributed by atoms with Gasteiger partial charge in [0.05, 0.1) is 18.8 Å². The lowest BCUT2D eigenvalue weighted by atomic mass is 10.1. The van der Waals surface area contributed by atoms with Crippen molar-refractivity contribution in [3.63, 3.8) is 0 Å². The van der Waals surface area contributed by atoms with Crippen molar-refractivity contribution < 1.29 is 36.3 Å². The van der Waals surface area contributed by atoms with Crippen LogP contribution in [-0.2, 0) is 6.54 Å². The van der Waals surface area contributed by atoms with E-state index in [1.54, 1.807) is 13.0 Å². The van der Waals surface area contributed by atoms with Crippen LogP contribution in [0.3, 0.4) is 0 Å². The summed E-state index contributed by atoms with van der Waals surface area (Å²) in [4.78, 5) is 38.7. The maximum atomic E-state index is 13.2. The van der Waals surface area contributed by atoms with Gasteiger partial charge < -0.3 is 19.4 Å². The highest BCUT2D eigenvalue weighted by atomic mass is 19.3. The smallest absolute Gasteiger partial charge is 0.340 e. The van der Waals surface area contributed by atoms with Crippen LogP contribution in [0.15, 0.2) is 41.5 Å². The number of aromatic nitrogens is 3. The number of ether oxygens (including phenoxy) is 1. The van der Waals surface area contributed by atoms with Crippen LogP contribution in [0, 0.1) is 6.92 Å². The van der Waals surface area contributed by atoms with Gasteiger partial charge >= 0.3 is 12.3 Å². The summed E-state index contributed by atoms with van der Waals surface area (Å²) < 4.78 is 60.8. The fraction of sp³-hybridized carbons (Fsp3) is 0.318. The number of hydrogen-bond donors (Lipinski definition) is 1. The Morgan fingerprint density at radius 3 is 2.74 bits per heavy atom. The molecule has 1 unspecified atom stereocenters. The number of anilines is 1. The Hall–Kier alpha value is -4.03. The Morgan fingerprint density at radius 1 is 1.31 bits per heavy atom. The number of hydrogen-bond acceptors (Lipinski definition) is 7. The minimum absolute atomic E-state index is 0.0193. The lowest BCUT2D eigenvalue weighted by molar-refractivity contribution is -0.148. The number of nitrogens with one attached hydrogen (secondary N) is 1. The lowest BCUT2D eigenvalue weighted by Gasteiger charge is -2.25. The highest BCUT2D eigenvalue weighted by molar-refractivity contribution is 6.05. The van der Waals surface area contributed by atoms with E-state index >= 15 is 0 Å². The second kappa shape index (κ2) is 9.31. The normalized spacial score (nSPS) is 14.3. The Labute approximate surface area is 196 Å². The standard InChI is InChI=1S/C22H19F4N5O4/c1-11-5-13(6-29-19(11)34-9-22(25,26)21(23)24)12(2)31-8-15-14(20(31)33)3-4-28-17(15)30-18(32)16-7-27-10-35-16/h3-7,10,12,21H,8-9H2,1-2H3,(H,28,30,32). The number of rotatable bonds is 8. The van der Waals surface area contributed by atoms with Gasteiger partial charge in [-0.05, 0) is 31.5 Å². The van der Waals surface area contributed by atoms with Gasteiger partial charge in [-0.15, -0.1) is 0 Å². The minimum atomic E-state index is -4.30. The van der Waals surface area contributed by atoms with E-state index in [2.05, 4.69) is 20.3 Å². The quantitative estimate of drug-likeness (QED) is 0.472. The summed E-state index contributed by atoms with van der Waals surface area (Å²) in [5.74, 6) is -5.21. The molecule has 1 N–H and O–H groups in total. The fourth-order valence-corrected chi connectivity index (χ4v) is 3.54. The summed E-state index contributed by atoms with van der Waals surface area (Å²) in [6.45, 7) is 1.89. The summed E-state index contributed by atoms with van der Waals surface area (Å²) in [5, 5.41) is 2.61. The van der Waals surface area contributed by atoms with Crippen LogP contribution in [0.2, 0.25) is 0 Å². The number of halogens is 4. The van der Waals surface area contributed by atoms with Gasteiger partial charge in [0.15, 0.2) is 13.0 Å². The molecule has 0 saturated carbocycles. The molecule has 3 aromatic rings. The summed E-state index contributed by atoms with van der Waals surface area (Å²) in [6, 6.07) is 2.61. The third-order valence-electron chi connectivity index (χ3n) is 5.49. The molecule has 9 nitrogen and oxygen atoms in total.